The summed E-state index contributed by atoms with van der Waals surface area (Å²) < 4.78 is 0. The summed E-state index contributed by atoms with van der Waals surface area (Å²) in [5.41, 5.74) is 0. The first-order valence-corrected chi connectivity index (χ1v) is 16.3. The Morgan fingerprint density at radius 2 is 1.00 bits per heavy atom. The van der Waals surface area contributed by atoms with Crippen LogP contribution >= 0.6 is 23.5 Å². The first-order chi connectivity index (χ1) is 11.3. The molecule has 2 atom stereocenters. The Labute approximate surface area is 164 Å². The van der Waals surface area contributed by atoms with Gasteiger partial charge in [-0.3, -0.25) is 0 Å². The van der Waals surface area contributed by atoms with E-state index in [4.69, 9.17) is 0 Å². The molecule has 2 heterocycles. The van der Waals surface area contributed by atoms with E-state index in [9.17, 15) is 0 Å². The monoisotopic (exact) mass is 484 g/mol. The summed E-state index contributed by atoms with van der Waals surface area (Å²) in [5, 5.41) is 5.39. The molecule has 0 spiro atoms. The molecule has 4 rings (SSSR count). The fraction of sp³-hybridized carbons (Fsp3) is 1.00. The van der Waals surface area contributed by atoms with Crippen molar-refractivity contribution in [3.05, 3.63) is 0 Å². The molecule has 4 fully saturated rings. The van der Waals surface area contributed by atoms with Gasteiger partial charge in [0.2, 0.25) is 0 Å². The fourth-order valence-electron chi connectivity index (χ4n) is 4.36. The molecule has 2 saturated carbocycles. The number of hydrogen-bond acceptors (Lipinski definition) is 2. The number of thioether (sulfide) groups is 2. The molecule has 0 aromatic carbocycles. The molecule has 4 aliphatic rings. The van der Waals surface area contributed by atoms with Gasteiger partial charge in [-0.15, -0.1) is 0 Å². The van der Waals surface area contributed by atoms with Crippen molar-refractivity contribution in [3.8, 4) is 0 Å². The Balaban J connectivity index is 1.08. The Kier molecular flexibility index (Phi) is 7.16. The minimum atomic E-state index is 0.985. The van der Waals surface area contributed by atoms with Gasteiger partial charge in [0.1, 0.15) is 0 Å². The Bertz CT molecular complexity index is 320. The van der Waals surface area contributed by atoms with Crippen molar-refractivity contribution >= 4 is 53.4 Å². The summed E-state index contributed by atoms with van der Waals surface area (Å²) in [4.78, 5) is 2.33. The number of hydrogen-bond donors (Lipinski definition) is 0. The van der Waals surface area contributed by atoms with Crippen molar-refractivity contribution in [1.29, 1.82) is 0 Å². The van der Waals surface area contributed by atoms with Crippen LogP contribution in [-0.2, 0) is 0 Å². The predicted octanol–water partition coefficient (Wildman–Crippen LogP) is 5.81. The molecule has 2 saturated heterocycles. The molecule has 0 N–H and O–H groups in total. The van der Waals surface area contributed by atoms with Gasteiger partial charge >= 0.3 is 165 Å². The normalized spacial score (nSPS) is 43.3. The standard InChI is InChI=1S/C19H32S2Se2/c1-5-18(22-12-16-10-20-16)6-2-14(1)9-15-3-7-19(8-4-15)23-13-17-11-21-17/h14-19H,1-13H2. The molecule has 0 amide bonds. The second-order valence-electron chi connectivity index (χ2n) is 8.10. The average Bonchev–Trinajstić information content (AvgIpc) is 3.48. The third kappa shape index (κ3) is 6.44. The summed E-state index contributed by atoms with van der Waals surface area (Å²) >= 11 is 6.38. The molecular formula is C19H32S2Se2. The van der Waals surface area contributed by atoms with Gasteiger partial charge in [-0.1, -0.05) is 0 Å². The van der Waals surface area contributed by atoms with E-state index in [-0.39, 0.29) is 0 Å². The van der Waals surface area contributed by atoms with Crippen LogP contribution in [0.25, 0.3) is 0 Å². The predicted molar refractivity (Wildman–Crippen MR) is 110 cm³/mol. The van der Waals surface area contributed by atoms with E-state index in [0.717, 1.165) is 52.2 Å². The second kappa shape index (κ2) is 9.09. The Hall–Kier alpha value is 1.74. The van der Waals surface area contributed by atoms with E-state index in [1.807, 2.05) is 0 Å². The van der Waals surface area contributed by atoms with E-state index in [1.54, 1.807) is 68.4 Å². The van der Waals surface area contributed by atoms with Crippen LogP contribution in [0, 0.1) is 11.8 Å². The average molecular weight is 483 g/mol. The van der Waals surface area contributed by atoms with Gasteiger partial charge in [0.25, 0.3) is 0 Å². The zero-order valence-electron chi connectivity index (χ0n) is 14.3. The third-order valence-corrected chi connectivity index (χ3v) is 15.4. The zero-order chi connectivity index (χ0) is 15.5. The molecule has 0 radical (unpaired) electrons. The van der Waals surface area contributed by atoms with Crippen molar-refractivity contribution in [3.63, 3.8) is 0 Å². The van der Waals surface area contributed by atoms with Crippen molar-refractivity contribution in [2.24, 2.45) is 11.8 Å². The first-order valence-electron chi connectivity index (χ1n) is 9.81. The van der Waals surface area contributed by atoms with Crippen LogP contribution in [0.4, 0.5) is 0 Å². The van der Waals surface area contributed by atoms with Gasteiger partial charge < -0.3 is 0 Å². The molecule has 0 nitrogen and oxygen atoms in total. The summed E-state index contributed by atoms with van der Waals surface area (Å²) in [5.74, 6) is 5.21. The third-order valence-electron chi connectivity index (χ3n) is 6.09. The van der Waals surface area contributed by atoms with E-state index in [2.05, 4.69) is 23.5 Å². The molecule has 2 aliphatic carbocycles. The van der Waals surface area contributed by atoms with Crippen LogP contribution in [0.1, 0.15) is 57.8 Å². The van der Waals surface area contributed by atoms with E-state index in [0.29, 0.717) is 0 Å². The number of rotatable bonds is 8. The van der Waals surface area contributed by atoms with Crippen LogP contribution < -0.4 is 0 Å². The van der Waals surface area contributed by atoms with Crippen LogP contribution in [0.5, 0.6) is 0 Å². The molecule has 4 heteroatoms. The quantitative estimate of drug-likeness (QED) is 0.316. The Morgan fingerprint density at radius 1 is 0.609 bits per heavy atom. The molecule has 0 aromatic heterocycles. The van der Waals surface area contributed by atoms with Crippen molar-refractivity contribution in [2.75, 3.05) is 11.5 Å². The molecule has 0 aromatic rings. The van der Waals surface area contributed by atoms with Gasteiger partial charge in [0.15, 0.2) is 0 Å². The van der Waals surface area contributed by atoms with Gasteiger partial charge in [0.05, 0.1) is 0 Å². The van der Waals surface area contributed by atoms with E-state index >= 15 is 0 Å². The van der Waals surface area contributed by atoms with Crippen LogP contribution in [-0.4, -0.2) is 51.9 Å². The summed E-state index contributed by atoms with van der Waals surface area (Å²) in [6.07, 6.45) is 14.4. The van der Waals surface area contributed by atoms with E-state index < -0.39 is 0 Å². The van der Waals surface area contributed by atoms with Gasteiger partial charge in [-0.25, -0.2) is 0 Å². The molecular weight excluding hydrogens is 450 g/mol. The Morgan fingerprint density at radius 3 is 1.35 bits per heavy atom. The summed E-state index contributed by atoms with van der Waals surface area (Å²) in [6.45, 7) is 0. The molecule has 2 unspecified atom stereocenters. The second-order valence-corrected chi connectivity index (χ2v) is 16.4. The SMILES string of the molecule is C1CC([Se]CC2CS2)CCC1CC1CCC([Se]CC2CS2)CC1. The molecule has 132 valence electrons. The van der Waals surface area contributed by atoms with Crippen LogP contribution in [0.2, 0.25) is 20.3 Å². The van der Waals surface area contributed by atoms with Gasteiger partial charge in [-0.2, -0.15) is 0 Å². The fourth-order valence-corrected chi connectivity index (χ4v) is 12.8. The van der Waals surface area contributed by atoms with Gasteiger partial charge in [0, 0.05) is 0 Å². The topological polar surface area (TPSA) is 0 Å². The van der Waals surface area contributed by atoms with Gasteiger partial charge in [-0.05, 0) is 0 Å². The van der Waals surface area contributed by atoms with Crippen LogP contribution in [0.15, 0.2) is 0 Å². The summed E-state index contributed by atoms with van der Waals surface area (Å²) in [7, 11) is 0. The van der Waals surface area contributed by atoms with Crippen molar-refractivity contribution in [1.82, 2.24) is 0 Å². The first kappa shape index (κ1) is 18.1. The van der Waals surface area contributed by atoms with Crippen molar-refractivity contribution in [2.45, 2.75) is 88.6 Å². The molecule has 0 bridgehead atoms. The summed E-state index contributed by atoms with van der Waals surface area (Å²) in [6, 6.07) is 0. The van der Waals surface area contributed by atoms with Crippen LogP contribution in [0.3, 0.4) is 0 Å². The molecule has 2 aliphatic heterocycles. The minimum absolute atomic E-state index is 0.985. The molecule has 23 heavy (non-hydrogen) atoms. The zero-order valence-corrected chi connectivity index (χ0v) is 19.3. The van der Waals surface area contributed by atoms with E-state index in [1.165, 1.54) is 21.1 Å². The maximum absolute atomic E-state index is 2.20. The maximum atomic E-state index is 2.20. The van der Waals surface area contributed by atoms with Crippen molar-refractivity contribution < 1.29 is 0 Å².